The summed E-state index contributed by atoms with van der Waals surface area (Å²) < 4.78 is 5.86. The van der Waals surface area contributed by atoms with E-state index in [0.29, 0.717) is 6.10 Å². The quantitative estimate of drug-likeness (QED) is 0.785. The van der Waals surface area contributed by atoms with E-state index in [1.165, 1.54) is 18.4 Å². The molecule has 1 aromatic carbocycles. The predicted molar refractivity (Wildman–Crippen MR) is 85.3 cm³/mol. The molecule has 0 atom stereocenters. The number of pyridine rings is 1. The highest BCUT2D eigenvalue weighted by Crippen LogP contribution is 2.29. The van der Waals surface area contributed by atoms with Crippen LogP contribution in [-0.4, -0.2) is 17.6 Å². The number of nitrogens with zero attached hydrogens (tertiary/aromatic N) is 1. The third-order valence-electron chi connectivity index (χ3n) is 3.55. The minimum atomic E-state index is 0.433. The standard InChI is InChI=1S/C18H22N2O/c1-2-8-19-11-14-9-16(13-20-12-14)15-4-3-5-18(10-15)21-17-6-7-17/h3-5,9-10,12-13,17,19H,2,6-8,11H2,1H3. The first-order valence-electron chi connectivity index (χ1n) is 7.77. The van der Waals surface area contributed by atoms with Gasteiger partial charge in [0.25, 0.3) is 0 Å². The molecule has 0 aliphatic heterocycles. The van der Waals surface area contributed by atoms with E-state index in [1.807, 2.05) is 18.5 Å². The molecule has 0 unspecified atom stereocenters. The predicted octanol–water partition coefficient (Wildman–Crippen LogP) is 3.79. The second kappa shape index (κ2) is 6.72. The van der Waals surface area contributed by atoms with Crippen molar-refractivity contribution in [2.24, 2.45) is 0 Å². The second-order valence-electron chi connectivity index (χ2n) is 5.60. The Kier molecular flexibility index (Phi) is 4.51. The molecule has 1 saturated carbocycles. The maximum absolute atomic E-state index is 5.86. The van der Waals surface area contributed by atoms with Crippen LogP contribution in [0.2, 0.25) is 0 Å². The molecule has 3 nitrogen and oxygen atoms in total. The molecule has 0 amide bonds. The van der Waals surface area contributed by atoms with E-state index in [4.69, 9.17) is 4.74 Å². The van der Waals surface area contributed by atoms with Crippen molar-refractivity contribution in [3.63, 3.8) is 0 Å². The van der Waals surface area contributed by atoms with Crippen molar-refractivity contribution in [1.29, 1.82) is 0 Å². The highest BCUT2D eigenvalue weighted by molar-refractivity contribution is 5.64. The molecule has 1 fully saturated rings. The Morgan fingerprint density at radius 3 is 2.90 bits per heavy atom. The molecule has 21 heavy (non-hydrogen) atoms. The molecule has 1 aromatic heterocycles. The monoisotopic (exact) mass is 282 g/mol. The van der Waals surface area contributed by atoms with E-state index in [2.05, 4.69) is 41.5 Å². The van der Waals surface area contributed by atoms with Gasteiger partial charge in [0.15, 0.2) is 0 Å². The van der Waals surface area contributed by atoms with Crippen LogP contribution in [0.3, 0.4) is 0 Å². The first kappa shape index (κ1) is 14.1. The number of nitrogens with one attached hydrogen (secondary N) is 1. The zero-order valence-electron chi connectivity index (χ0n) is 12.5. The van der Waals surface area contributed by atoms with Crippen LogP contribution in [0.25, 0.3) is 11.1 Å². The maximum Gasteiger partial charge on any atom is 0.120 e. The second-order valence-corrected chi connectivity index (χ2v) is 5.60. The van der Waals surface area contributed by atoms with E-state index in [9.17, 15) is 0 Å². The van der Waals surface area contributed by atoms with Crippen molar-refractivity contribution >= 4 is 0 Å². The molecule has 0 bridgehead atoms. The molecule has 1 aliphatic rings. The number of aromatic nitrogens is 1. The number of ether oxygens (including phenoxy) is 1. The number of benzene rings is 1. The van der Waals surface area contributed by atoms with Gasteiger partial charge in [-0.2, -0.15) is 0 Å². The molecule has 1 heterocycles. The van der Waals surface area contributed by atoms with Gasteiger partial charge in [0.05, 0.1) is 6.10 Å². The summed E-state index contributed by atoms with van der Waals surface area (Å²) in [5, 5.41) is 3.41. The Labute approximate surface area is 126 Å². The van der Waals surface area contributed by atoms with Gasteiger partial charge < -0.3 is 10.1 Å². The number of hydrogen-bond donors (Lipinski definition) is 1. The molecule has 1 N–H and O–H groups in total. The summed E-state index contributed by atoms with van der Waals surface area (Å²) >= 11 is 0. The molecule has 1 aliphatic carbocycles. The Morgan fingerprint density at radius 1 is 1.19 bits per heavy atom. The number of rotatable bonds is 7. The van der Waals surface area contributed by atoms with Crippen molar-refractivity contribution in [1.82, 2.24) is 10.3 Å². The topological polar surface area (TPSA) is 34.2 Å². The molecule has 3 heteroatoms. The van der Waals surface area contributed by atoms with Gasteiger partial charge in [0, 0.05) is 24.5 Å². The fraction of sp³-hybridized carbons (Fsp3) is 0.389. The van der Waals surface area contributed by atoms with Gasteiger partial charge in [0.2, 0.25) is 0 Å². The van der Waals surface area contributed by atoms with Crippen molar-refractivity contribution in [2.75, 3.05) is 6.54 Å². The van der Waals surface area contributed by atoms with Crippen molar-refractivity contribution in [3.8, 4) is 16.9 Å². The Balaban J connectivity index is 1.74. The van der Waals surface area contributed by atoms with E-state index >= 15 is 0 Å². The molecule has 2 aromatic rings. The highest BCUT2D eigenvalue weighted by atomic mass is 16.5. The third kappa shape index (κ3) is 4.05. The van der Waals surface area contributed by atoms with Crippen LogP contribution in [0.4, 0.5) is 0 Å². The molecule has 110 valence electrons. The molecular formula is C18H22N2O. The highest BCUT2D eigenvalue weighted by Gasteiger charge is 2.23. The Morgan fingerprint density at radius 2 is 2.10 bits per heavy atom. The van der Waals surface area contributed by atoms with Gasteiger partial charge >= 0.3 is 0 Å². The van der Waals surface area contributed by atoms with Crippen LogP contribution >= 0.6 is 0 Å². The summed E-state index contributed by atoms with van der Waals surface area (Å²) in [6.45, 7) is 4.08. The molecular weight excluding hydrogens is 260 g/mol. The molecule has 0 saturated heterocycles. The molecule has 3 rings (SSSR count). The SMILES string of the molecule is CCCNCc1cncc(-c2cccc(OC3CC3)c2)c1. The first-order valence-corrected chi connectivity index (χ1v) is 7.77. The minimum absolute atomic E-state index is 0.433. The van der Waals surface area contributed by atoms with E-state index in [-0.39, 0.29) is 0 Å². The largest absolute Gasteiger partial charge is 0.490 e. The zero-order chi connectivity index (χ0) is 14.5. The molecule has 0 radical (unpaired) electrons. The lowest BCUT2D eigenvalue weighted by Gasteiger charge is -2.09. The average Bonchev–Trinajstić information content (AvgIpc) is 3.32. The van der Waals surface area contributed by atoms with Crippen LogP contribution in [0.15, 0.2) is 42.7 Å². The summed E-state index contributed by atoms with van der Waals surface area (Å²) in [6.07, 6.45) is 7.79. The lowest BCUT2D eigenvalue weighted by molar-refractivity contribution is 0.303. The van der Waals surface area contributed by atoms with E-state index < -0.39 is 0 Å². The minimum Gasteiger partial charge on any atom is -0.490 e. The normalized spacial score (nSPS) is 14.1. The van der Waals surface area contributed by atoms with E-state index in [0.717, 1.165) is 36.4 Å². The van der Waals surface area contributed by atoms with Crippen molar-refractivity contribution < 1.29 is 4.74 Å². The van der Waals surface area contributed by atoms with Crippen LogP contribution < -0.4 is 10.1 Å². The van der Waals surface area contributed by atoms with Crippen LogP contribution in [0.1, 0.15) is 31.7 Å². The van der Waals surface area contributed by atoms with Crippen LogP contribution in [-0.2, 0) is 6.54 Å². The van der Waals surface area contributed by atoms with Gasteiger partial charge in [-0.05, 0) is 55.1 Å². The lowest BCUT2D eigenvalue weighted by Crippen LogP contribution is -2.13. The fourth-order valence-electron chi connectivity index (χ4n) is 2.28. The summed E-state index contributed by atoms with van der Waals surface area (Å²) in [6, 6.07) is 10.5. The van der Waals surface area contributed by atoms with Gasteiger partial charge in [-0.15, -0.1) is 0 Å². The van der Waals surface area contributed by atoms with Gasteiger partial charge in [-0.3, -0.25) is 4.98 Å². The van der Waals surface area contributed by atoms with Crippen LogP contribution in [0, 0.1) is 0 Å². The van der Waals surface area contributed by atoms with E-state index in [1.54, 1.807) is 0 Å². The average molecular weight is 282 g/mol. The van der Waals surface area contributed by atoms with Gasteiger partial charge in [0.1, 0.15) is 5.75 Å². The summed E-state index contributed by atoms with van der Waals surface area (Å²) in [7, 11) is 0. The maximum atomic E-state index is 5.86. The van der Waals surface area contributed by atoms with Crippen LogP contribution in [0.5, 0.6) is 5.75 Å². The smallest absolute Gasteiger partial charge is 0.120 e. The third-order valence-corrected chi connectivity index (χ3v) is 3.55. The van der Waals surface area contributed by atoms with Gasteiger partial charge in [-0.25, -0.2) is 0 Å². The Bertz CT molecular complexity index is 593. The zero-order valence-corrected chi connectivity index (χ0v) is 12.5. The summed E-state index contributed by atoms with van der Waals surface area (Å²) in [5.41, 5.74) is 3.53. The van der Waals surface area contributed by atoms with Crippen molar-refractivity contribution in [2.45, 2.75) is 38.8 Å². The fourth-order valence-corrected chi connectivity index (χ4v) is 2.28. The lowest BCUT2D eigenvalue weighted by atomic mass is 10.1. The van der Waals surface area contributed by atoms with Crippen molar-refractivity contribution in [3.05, 3.63) is 48.3 Å². The number of hydrogen-bond acceptors (Lipinski definition) is 3. The summed E-state index contributed by atoms with van der Waals surface area (Å²) in [4.78, 5) is 4.36. The Hall–Kier alpha value is -1.87. The van der Waals surface area contributed by atoms with Gasteiger partial charge in [-0.1, -0.05) is 19.1 Å². The summed E-state index contributed by atoms with van der Waals surface area (Å²) in [5.74, 6) is 0.963. The first-order chi connectivity index (χ1) is 10.3. The molecule has 0 spiro atoms.